The van der Waals surface area contributed by atoms with Crippen molar-refractivity contribution in [1.82, 2.24) is 14.9 Å². The van der Waals surface area contributed by atoms with Gasteiger partial charge in [-0.2, -0.15) is 5.26 Å². The number of hydrogen-bond acceptors (Lipinski definition) is 4. The highest BCUT2D eigenvalue weighted by molar-refractivity contribution is 5.89. The van der Waals surface area contributed by atoms with Crippen molar-refractivity contribution < 1.29 is 9.53 Å². The summed E-state index contributed by atoms with van der Waals surface area (Å²) < 4.78 is 7.54. The first-order valence-corrected chi connectivity index (χ1v) is 9.41. The fraction of sp³-hybridized carbons (Fsp3) is 0.318. The number of nitrogens with one attached hydrogen (secondary N) is 1. The van der Waals surface area contributed by atoms with Crippen molar-refractivity contribution in [2.24, 2.45) is 5.92 Å². The SMILES string of the molecule is Cc1c(C#N)c2ccccc2n1CC(=O)N[C@@H]1COC[C@H]1Cc1ccncc1. The van der Waals surface area contributed by atoms with E-state index in [9.17, 15) is 10.1 Å². The standard InChI is InChI=1S/C22H22N4O2/c1-15-19(11-23)18-4-2-3-5-21(18)26(15)12-22(27)25-20-14-28-13-17(20)10-16-6-8-24-9-7-16/h2-9,17,20H,10,12-14H2,1H3,(H,25,27)/t17-,20-/m1/s1. The number of nitrogens with zero attached hydrogens (tertiary/aromatic N) is 3. The molecule has 3 aromatic rings. The summed E-state index contributed by atoms with van der Waals surface area (Å²) in [4.78, 5) is 16.8. The number of para-hydroxylation sites is 1. The van der Waals surface area contributed by atoms with Gasteiger partial charge in [-0.3, -0.25) is 9.78 Å². The van der Waals surface area contributed by atoms with Crippen molar-refractivity contribution in [3.8, 4) is 6.07 Å². The van der Waals surface area contributed by atoms with E-state index in [0.29, 0.717) is 18.8 Å². The Bertz CT molecular complexity index is 1040. The molecule has 1 aromatic carbocycles. The van der Waals surface area contributed by atoms with Gasteiger partial charge in [0.25, 0.3) is 0 Å². The number of carbonyl (C=O) groups is 1. The number of nitriles is 1. The van der Waals surface area contributed by atoms with Gasteiger partial charge in [0.1, 0.15) is 12.6 Å². The zero-order valence-electron chi connectivity index (χ0n) is 15.8. The van der Waals surface area contributed by atoms with Crippen LogP contribution in [-0.2, 0) is 22.5 Å². The van der Waals surface area contributed by atoms with Crippen LogP contribution in [0.3, 0.4) is 0 Å². The Morgan fingerprint density at radius 2 is 2.07 bits per heavy atom. The maximum atomic E-state index is 12.8. The Morgan fingerprint density at radius 3 is 2.86 bits per heavy atom. The number of fused-ring (bicyclic) bond motifs is 1. The van der Waals surface area contributed by atoms with Crippen LogP contribution in [0.2, 0.25) is 0 Å². The van der Waals surface area contributed by atoms with Gasteiger partial charge >= 0.3 is 0 Å². The highest BCUT2D eigenvalue weighted by Crippen LogP contribution is 2.25. The molecule has 4 rings (SSSR count). The molecule has 0 saturated carbocycles. The fourth-order valence-corrected chi connectivity index (χ4v) is 3.95. The van der Waals surface area contributed by atoms with Crippen LogP contribution in [0.4, 0.5) is 0 Å². The van der Waals surface area contributed by atoms with Crippen LogP contribution >= 0.6 is 0 Å². The van der Waals surface area contributed by atoms with Gasteiger partial charge in [0, 0.05) is 29.4 Å². The lowest BCUT2D eigenvalue weighted by molar-refractivity contribution is -0.122. The predicted octanol–water partition coefficient (Wildman–Crippen LogP) is 2.59. The van der Waals surface area contributed by atoms with E-state index in [1.54, 1.807) is 12.4 Å². The molecule has 1 aliphatic rings. The van der Waals surface area contributed by atoms with E-state index in [4.69, 9.17) is 4.74 Å². The van der Waals surface area contributed by atoms with Gasteiger partial charge < -0.3 is 14.6 Å². The molecule has 2 aromatic heterocycles. The Hall–Kier alpha value is -3.17. The molecule has 6 nitrogen and oxygen atoms in total. The average Bonchev–Trinajstić information content (AvgIpc) is 3.25. The maximum Gasteiger partial charge on any atom is 0.240 e. The van der Waals surface area contributed by atoms with Crippen molar-refractivity contribution >= 4 is 16.8 Å². The van der Waals surface area contributed by atoms with Crippen LogP contribution in [0.5, 0.6) is 0 Å². The third-order valence-electron chi connectivity index (χ3n) is 5.44. The highest BCUT2D eigenvalue weighted by Gasteiger charge is 2.30. The Kier molecular flexibility index (Phi) is 5.09. The second kappa shape index (κ2) is 7.83. The van der Waals surface area contributed by atoms with E-state index >= 15 is 0 Å². The number of carbonyl (C=O) groups excluding carboxylic acids is 1. The monoisotopic (exact) mass is 374 g/mol. The quantitative estimate of drug-likeness (QED) is 0.744. The van der Waals surface area contributed by atoms with Gasteiger partial charge in [0.2, 0.25) is 5.91 Å². The van der Waals surface area contributed by atoms with Crippen LogP contribution in [0.1, 0.15) is 16.8 Å². The van der Waals surface area contributed by atoms with Gasteiger partial charge in [-0.1, -0.05) is 18.2 Å². The van der Waals surface area contributed by atoms with Crippen molar-refractivity contribution in [3.05, 3.63) is 65.6 Å². The zero-order valence-corrected chi connectivity index (χ0v) is 15.8. The number of rotatable bonds is 5. The van der Waals surface area contributed by atoms with E-state index in [1.807, 2.05) is 47.9 Å². The number of hydrogen-bond donors (Lipinski definition) is 1. The number of amides is 1. The topological polar surface area (TPSA) is 79.9 Å². The smallest absolute Gasteiger partial charge is 0.240 e. The molecule has 0 spiro atoms. The second-order valence-corrected chi connectivity index (χ2v) is 7.21. The summed E-state index contributed by atoms with van der Waals surface area (Å²) in [6.07, 6.45) is 4.41. The molecule has 2 atom stereocenters. The number of ether oxygens (including phenoxy) is 1. The Balaban J connectivity index is 1.48. The number of pyridine rings is 1. The van der Waals surface area contributed by atoms with Crippen molar-refractivity contribution in [2.45, 2.75) is 25.9 Å². The van der Waals surface area contributed by atoms with E-state index in [2.05, 4.69) is 16.4 Å². The normalized spacial score (nSPS) is 18.9. The summed E-state index contributed by atoms with van der Waals surface area (Å²) in [5.41, 5.74) is 3.54. The van der Waals surface area contributed by atoms with E-state index in [1.165, 1.54) is 5.56 Å². The molecular weight excluding hydrogens is 352 g/mol. The molecule has 1 N–H and O–H groups in total. The van der Waals surface area contributed by atoms with Crippen LogP contribution in [0.25, 0.3) is 10.9 Å². The summed E-state index contributed by atoms with van der Waals surface area (Å²) in [6.45, 7) is 3.23. The van der Waals surface area contributed by atoms with Crippen molar-refractivity contribution in [3.63, 3.8) is 0 Å². The average molecular weight is 374 g/mol. The maximum absolute atomic E-state index is 12.8. The minimum absolute atomic E-state index is 0.0155. The molecule has 1 aliphatic heterocycles. The van der Waals surface area contributed by atoms with Crippen LogP contribution in [-0.4, -0.2) is 34.7 Å². The van der Waals surface area contributed by atoms with Crippen molar-refractivity contribution in [1.29, 1.82) is 5.26 Å². The third-order valence-corrected chi connectivity index (χ3v) is 5.44. The number of benzene rings is 1. The van der Waals surface area contributed by atoms with Crippen LogP contribution in [0, 0.1) is 24.2 Å². The molecule has 3 heterocycles. The fourth-order valence-electron chi connectivity index (χ4n) is 3.95. The molecule has 0 aliphatic carbocycles. The van der Waals surface area contributed by atoms with Gasteiger partial charge in [0.15, 0.2) is 0 Å². The molecule has 142 valence electrons. The van der Waals surface area contributed by atoms with Gasteiger partial charge in [0.05, 0.1) is 30.3 Å². The van der Waals surface area contributed by atoms with Gasteiger partial charge in [-0.15, -0.1) is 0 Å². The second-order valence-electron chi connectivity index (χ2n) is 7.21. The first-order chi connectivity index (χ1) is 13.7. The summed E-state index contributed by atoms with van der Waals surface area (Å²) in [6, 6.07) is 13.9. The zero-order chi connectivity index (χ0) is 19.5. The lowest BCUT2D eigenvalue weighted by Gasteiger charge is -2.20. The summed E-state index contributed by atoms with van der Waals surface area (Å²) in [7, 11) is 0. The minimum atomic E-state index is -0.0661. The summed E-state index contributed by atoms with van der Waals surface area (Å²) in [5.74, 6) is 0.173. The molecule has 1 fully saturated rings. The van der Waals surface area contributed by atoms with Gasteiger partial charge in [-0.25, -0.2) is 0 Å². The van der Waals surface area contributed by atoms with E-state index < -0.39 is 0 Å². The molecule has 1 saturated heterocycles. The molecule has 0 radical (unpaired) electrons. The molecule has 28 heavy (non-hydrogen) atoms. The number of aromatic nitrogens is 2. The van der Waals surface area contributed by atoms with E-state index in [-0.39, 0.29) is 24.4 Å². The largest absolute Gasteiger partial charge is 0.379 e. The molecule has 0 bridgehead atoms. The lowest BCUT2D eigenvalue weighted by atomic mass is 9.95. The third kappa shape index (κ3) is 3.49. The summed E-state index contributed by atoms with van der Waals surface area (Å²) in [5, 5.41) is 13.5. The van der Waals surface area contributed by atoms with Gasteiger partial charge in [-0.05, 0) is 37.1 Å². The summed E-state index contributed by atoms with van der Waals surface area (Å²) >= 11 is 0. The molecular formula is C22H22N4O2. The first kappa shape index (κ1) is 18.2. The first-order valence-electron chi connectivity index (χ1n) is 9.41. The van der Waals surface area contributed by atoms with E-state index in [0.717, 1.165) is 23.0 Å². The molecule has 1 amide bonds. The van der Waals surface area contributed by atoms with Crippen LogP contribution in [0.15, 0.2) is 48.8 Å². The van der Waals surface area contributed by atoms with Crippen molar-refractivity contribution in [2.75, 3.05) is 13.2 Å². The van der Waals surface area contributed by atoms with Crippen LogP contribution < -0.4 is 5.32 Å². The predicted molar refractivity (Wildman–Crippen MR) is 106 cm³/mol. The minimum Gasteiger partial charge on any atom is -0.379 e. The lowest BCUT2D eigenvalue weighted by Crippen LogP contribution is -2.42. The molecule has 6 heteroatoms. The highest BCUT2D eigenvalue weighted by atomic mass is 16.5. The molecule has 0 unspecified atom stereocenters. The Labute approximate surface area is 163 Å². The Morgan fingerprint density at radius 1 is 1.29 bits per heavy atom.